The van der Waals surface area contributed by atoms with E-state index >= 15 is 0 Å². The minimum absolute atomic E-state index is 0.392. The van der Waals surface area contributed by atoms with Crippen molar-refractivity contribution < 1.29 is 24.4 Å². The molecule has 0 radical (unpaired) electrons. The Morgan fingerprint density at radius 3 is 1.26 bits per heavy atom. The smallest absolute Gasteiger partial charge is 0.121 e. The summed E-state index contributed by atoms with van der Waals surface area (Å²) in [4.78, 5) is 0. The molecule has 2 aromatic rings. The molecule has 2 aromatic carbocycles. The van der Waals surface area contributed by atoms with Gasteiger partial charge in [0.15, 0.2) is 0 Å². The van der Waals surface area contributed by atoms with Gasteiger partial charge >= 0.3 is 0 Å². The lowest BCUT2D eigenvalue weighted by Gasteiger charge is -1.99. The average molecular weight is 374 g/mol. The van der Waals surface area contributed by atoms with Crippen LogP contribution in [0.2, 0.25) is 0 Å². The van der Waals surface area contributed by atoms with Crippen LogP contribution in [-0.4, -0.2) is 48.8 Å². The summed E-state index contributed by atoms with van der Waals surface area (Å²) in [7, 11) is 0. The number of benzene rings is 2. The quantitative estimate of drug-likeness (QED) is 0.796. The van der Waals surface area contributed by atoms with Crippen LogP contribution >= 0.6 is 0 Å². The molecule has 5 heteroatoms. The number of aromatic hydroxyl groups is 2. The maximum Gasteiger partial charge on any atom is 0.121 e. The molecule has 2 N–H and O–H groups in total. The van der Waals surface area contributed by atoms with Gasteiger partial charge in [-0.3, -0.25) is 0 Å². The minimum Gasteiger partial charge on any atom is -0.507 e. The summed E-state index contributed by atoms with van der Waals surface area (Å²) >= 11 is 0. The van der Waals surface area contributed by atoms with Crippen LogP contribution in [0, 0.1) is 27.7 Å². The fourth-order valence-corrected chi connectivity index (χ4v) is 2.27. The number of epoxide rings is 2. The van der Waals surface area contributed by atoms with Crippen LogP contribution in [0.1, 0.15) is 22.3 Å². The SMILES string of the molecule is C(OCC1CO1)C1CO1.Cc1cccc(C)c1O.Cc1cccc(C)c1O. The van der Waals surface area contributed by atoms with Crippen LogP contribution in [0.15, 0.2) is 36.4 Å². The number of hydrogen-bond acceptors (Lipinski definition) is 5. The van der Waals surface area contributed by atoms with Gasteiger partial charge in [0.1, 0.15) is 23.7 Å². The molecule has 0 spiro atoms. The first kappa shape index (κ1) is 21.2. The molecule has 0 amide bonds. The van der Waals surface area contributed by atoms with E-state index in [0.29, 0.717) is 23.7 Å². The van der Waals surface area contributed by atoms with Gasteiger partial charge in [-0.2, -0.15) is 0 Å². The Morgan fingerprint density at radius 2 is 1.04 bits per heavy atom. The molecule has 2 heterocycles. The van der Waals surface area contributed by atoms with Gasteiger partial charge in [0.2, 0.25) is 0 Å². The highest BCUT2D eigenvalue weighted by atomic mass is 16.6. The van der Waals surface area contributed by atoms with Gasteiger partial charge in [-0.15, -0.1) is 0 Å². The number of phenols is 2. The number of ether oxygens (including phenoxy) is 3. The zero-order valence-corrected chi connectivity index (χ0v) is 16.6. The molecule has 5 nitrogen and oxygen atoms in total. The first-order valence-electron chi connectivity index (χ1n) is 9.19. The van der Waals surface area contributed by atoms with Crippen molar-refractivity contribution in [3.8, 4) is 11.5 Å². The Hall–Kier alpha value is -2.08. The highest BCUT2D eigenvalue weighted by Gasteiger charge is 2.26. The van der Waals surface area contributed by atoms with Crippen LogP contribution in [-0.2, 0) is 14.2 Å². The van der Waals surface area contributed by atoms with E-state index < -0.39 is 0 Å². The van der Waals surface area contributed by atoms with E-state index in [1.165, 1.54) is 0 Å². The van der Waals surface area contributed by atoms with Gasteiger partial charge in [0, 0.05) is 0 Å². The lowest BCUT2D eigenvalue weighted by molar-refractivity contribution is 0.102. The third-order valence-corrected chi connectivity index (χ3v) is 4.29. The molecule has 2 fully saturated rings. The largest absolute Gasteiger partial charge is 0.507 e. The molecular formula is C22H30O5. The molecule has 148 valence electrons. The summed E-state index contributed by atoms with van der Waals surface area (Å²) in [6.45, 7) is 10.8. The Balaban J connectivity index is 0.000000145. The van der Waals surface area contributed by atoms with Crippen molar-refractivity contribution in [3.05, 3.63) is 58.7 Å². The first-order chi connectivity index (χ1) is 12.9. The van der Waals surface area contributed by atoms with Crippen molar-refractivity contribution in [2.24, 2.45) is 0 Å². The molecule has 4 rings (SSSR count). The molecule has 0 aromatic heterocycles. The summed E-state index contributed by atoms with van der Waals surface area (Å²) in [5, 5.41) is 18.4. The lowest BCUT2D eigenvalue weighted by atomic mass is 10.1. The van der Waals surface area contributed by atoms with Gasteiger partial charge in [0.05, 0.1) is 26.4 Å². The minimum atomic E-state index is 0.392. The van der Waals surface area contributed by atoms with E-state index in [9.17, 15) is 10.2 Å². The van der Waals surface area contributed by atoms with Crippen molar-refractivity contribution in [1.29, 1.82) is 0 Å². The van der Waals surface area contributed by atoms with Crippen molar-refractivity contribution in [2.45, 2.75) is 39.9 Å². The molecule has 2 aliphatic rings. The molecule has 2 unspecified atom stereocenters. The third kappa shape index (κ3) is 7.99. The molecule has 0 bridgehead atoms. The number of para-hydroxylation sites is 2. The second kappa shape index (κ2) is 10.3. The van der Waals surface area contributed by atoms with Crippen molar-refractivity contribution in [1.82, 2.24) is 0 Å². The number of rotatable bonds is 4. The van der Waals surface area contributed by atoms with E-state index in [1.54, 1.807) is 0 Å². The molecule has 27 heavy (non-hydrogen) atoms. The summed E-state index contributed by atoms with van der Waals surface area (Å²) in [5.74, 6) is 0.829. The van der Waals surface area contributed by atoms with E-state index in [4.69, 9.17) is 14.2 Å². The van der Waals surface area contributed by atoms with Gasteiger partial charge < -0.3 is 24.4 Å². The Morgan fingerprint density at radius 1 is 0.741 bits per heavy atom. The first-order valence-corrected chi connectivity index (χ1v) is 9.19. The molecule has 0 saturated carbocycles. The van der Waals surface area contributed by atoms with E-state index in [-0.39, 0.29) is 0 Å². The van der Waals surface area contributed by atoms with E-state index in [1.807, 2.05) is 64.1 Å². The van der Waals surface area contributed by atoms with Crippen LogP contribution in [0.3, 0.4) is 0 Å². The van der Waals surface area contributed by atoms with Crippen LogP contribution < -0.4 is 0 Å². The molecule has 2 atom stereocenters. The number of hydrogen-bond donors (Lipinski definition) is 2. The van der Waals surface area contributed by atoms with Crippen LogP contribution in [0.4, 0.5) is 0 Å². The van der Waals surface area contributed by atoms with Crippen molar-refractivity contribution >= 4 is 0 Å². The van der Waals surface area contributed by atoms with Gasteiger partial charge in [-0.05, 0) is 49.9 Å². The van der Waals surface area contributed by atoms with Gasteiger partial charge in [-0.25, -0.2) is 0 Å². The monoisotopic (exact) mass is 374 g/mol. The Bertz CT molecular complexity index is 619. The maximum atomic E-state index is 9.21. The zero-order valence-electron chi connectivity index (χ0n) is 16.6. The summed E-state index contributed by atoms with van der Waals surface area (Å²) in [6, 6.07) is 11.4. The molecule has 2 saturated heterocycles. The predicted molar refractivity (Wildman–Crippen MR) is 105 cm³/mol. The van der Waals surface area contributed by atoms with Crippen molar-refractivity contribution in [3.63, 3.8) is 0 Å². The van der Waals surface area contributed by atoms with Crippen molar-refractivity contribution in [2.75, 3.05) is 26.4 Å². The van der Waals surface area contributed by atoms with Crippen LogP contribution in [0.25, 0.3) is 0 Å². The molecule has 0 aliphatic carbocycles. The topological polar surface area (TPSA) is 74.8 Å². The van der Waals surface area contributed by atoms with Gasteiger partial charge in [-0.1, -0.05) is 36.4 Å². The highest BCUT2D eigenvalue weighted by molar-refractivity contribution is 5.38. The lowest BCUT2D eigenvalue weighted by Crippen LogP contribution is -2.06. The Labute approximate surface area is 161 Å². The fraction of sp³-hybridized carbons (Fsp3) is 0.455. The fourth-order valence-electron chi connectivity index (χ4n) is 2.27. The second-order valence-corrected chi connectivity index (χ2v) is 6.93. The summed E-state index contributed by atoms with van der Waals surface area (Å²) in [6.07, 6.45) is 0.785. The van der Waals surface area contributed by atoms with E-state index in [2.05, 4.69) is 0 Å². The maximum absolute atomic E-state index is 9.21. The zero-order chi connectivity index (χ0) is 19.8. The normalized spacial score (nSPS) is 19.3. The average Bonchev–Trinajstić information content (AvgIpc) is 3.54. The summed E-state index contributed by atoms with van der Waals surface area (Å²) in [5.41, 5.74) is 3.76. The number of phenolic OH excluding ortho intramolecular Hbond substituents is 2. The summed E-state index contributed by atoms with van der Waals surface area (Å²) < 4.78 is 15.1. The number of aryl methyl sites for hydroxylation is 4. The van der Waals surface area contributed by atoms with Gasteiger partial charge in [0.25, 0.3) is 0 Å². The third-order valence-electron chi connectivity index (χ3n) is 4.29. The standard InChI is InChI=1S/2C8H10O.C6H10O3/c2*1-6-4-3-5-7(2)8(6)9;1(5-3-8-5)7-2-6-4-9-6/h2*3-5,9H,1-2H3;5-6H,1-4H2. The Kier molecular flexibility index (Phi) is 8.10. The highest BCUT2D eigenvalue weighted by Crippen LogP contribution is 2.20. The molecule has 2 aliphatic heterocycles. The predicted octanol–water partition coefficient (Wildman–Crippen LogP) is 3.82. The van der Waals surface area contributed by atoms with E-state index in [0.717, 1.165) is 48.7 Å². The second-order valence-electron chi connectivity index (χ2n) is 6.93. The molecular weight excluding hydrogens is 344 g/mol. The van der Waals surface area contributed by atoms with Crippen LogP contribution in [0.5, 0.6) is 11.5 Å².